The van der Waals surface area contributed by atoms with Gasteiger partial charge in [-0.05, 0) is 24.8 Å². The Morgan fingerprint density at radius 3 is 2.42 bits per heavy atom. The molecule has 4 nitrogen and oxygen atoms in total. The third-order valence-electron chi connectivity index (χ3n) is 3.59. The Kier molecular flexibility index (Phi) is 3.03. The van der Waals surface area contributed by atoms with Crippen molar-refractivity contribution in [2.45, 2.75) is 25.3 Å². The second-order valence-corrected chi connectivity index (χ2v) is 5.12. The molecule has 0 saturated heterocycles. The van der Waals surface area contributed by atoms with Gasteiger partial charge in [0.1, 0.15) is 5.15 Å². The van der Waals surface area contributed by atoms with Crippen molar-refractivity contribution in [1.82, 2.24) is 9.55 Å². The average molecular weight is 277 g/mol. The van der Waals surface area contributed by atoms with Crippen LogP contribution in [-0.2, 0) is 0 Å². The van der Waals surface area contributed by atoms with Crippen LogP contribution in [-0.4, -0.2) is 9.55 Å². The molecule has 0 radical (unpaired) electrons. The summed E-state index contributed by atoms with van der Waals surface area (Å²) in [6.45, 7) is 0. The summed E-state index contributed by atoms with van der Waals surface area (Å²) >= 11 is 6.04. The Morgan fingerprint density at radius 2 is 1.84 bits per heavy atom. The number of nitrogens with zero attached hydrogens (tertiary/aromatic N) is 1. The van der Waals surface area contributed by atoms with E-state index < -0.39 is 5.69 Å². The summed E-state index contributed by atoms with van der Waals surface area (Å²) in [6.07, 6.45) is 2.80. The molecule has 1 heterocycles. The maximum Gasteiger partial charge on any atom is 0.329 e. The van der Waals surface area contributed by atoms with Crippen molar-refractivity contribution in [3.8, 4) is 11.1 Å². The molecule has 1 fully saturated rings. The topological polar surface area (TPSA) is 54.9 Å². The molecule has 3 rings (SSSR count). The van der Waals surface area contributed by atoms with Gasteiger partial charge in [-0.2, -0.15) is 0 Å². The van der Waals surface area contributed by atoms with Gasteiger partial charge in [-0.3, -0.25) is 14.3 Å². The molecular formula is C14H13ClN2O2. The maximum atomic E-state index is 12.5. The normalized spacial score (nSPS) is 15.2. The standard InChI is InChI=1S/C14H13ClN2O2/c15-12-11(9-5-2-1-3-6-9)13(18)17(14(19)16-12)10-7-4-8-10/h1-3,5-6,10H,4,7-8H2,(H,16,19). The minimum absolute atomic E-state index is 0.0102. The summed E-state index contributed by atoms with van der Waals surface area (Å²) in [5, 5.41) is 0.108. The lowest BCUT2D eigenvalue weighted by Crippen LogP contribution is -2.41. The number of halogens is 1. The molecule has 0 aliphatic heterocycles. The molecule has 0 bridgehead atoms. The summed E-state index contributed by atoms with van der Waals surface area (Å²) in [5.41, 5.74) is 0.375. The molecule has 1 saturated carbocycles. The van der Waals surface area contributed by atoms with Crippen LogP contribution in [0, 0.1) is 0 Å². The van der Waals surface area contributed by atoms with Gasteiger partial charge in [0.25, 0.3) is 5.56 Å². The first-order valence-corrected chi connectivity index (χ1v) is 6.66. The van der Waals surface area contributed by atoms with E-state index in [-0.39, 0.29) is 16.8 Å². The van der Waals surface area contributed by atoms with E-state index in [1.54, 1.807) is 0 Å². The van der Waals surface area contributed by atoms with Crippen LogP contribution < -0.4 is 11.2 Å². The molecule has 1 N–H and O–H groups in total. The van der Waals surface area contributed by atoms with E-state index in [9.17, 15) is 9.59 Å². The van der Waals surface area contributed by atoms with E-state index >= 15 is 0 Å². The highest BCUT2D eigenvalue weighted by Gasteiger charge is 2.25. The van der Waals surface area contributed by atoms with E-state index in [0.717, 1.165) is 24.8 Å². The minimum Gasteiger partial charge on any atom is -0.297 e. The number of nitrogens with one attached hydrogen (secondary N) is 1. The van der Waals surface area contributed by atoms with Crippen molar-refractivity contribution in [2.24, 2.45) is 0 Å². The predicted molar refractivity (Wildman–Crippen MR) is 74.7 cm³/mol. The highest BCUT2D eigenvalue weighted by atomic mass is 35.5. The summed E-state index contributed by atoms with van der Waals surface area (Å²) < 4.78 is 1.30. The van der Waals surface area contributed by atoms with Crippen LogP contribution in [0.15, 0.2) is 39.9 Å². The number of benzene rings is 1. The quantitative estimate of drug-likeness (QED) is 0.857. The molecule has 1 aromatic carbocycles. The molecule has 19 heavy (non-hydrogen) atoms. The van der Waals surface area contributed by atoms with Gasteiger partial charge < -0.3 is 0 Å². The molecule has 0 spiro atoms. The van der Waals surface area contributed by atoms with E-state index in [1.807, 2.05) is 30.3 Å². The summed E-state index contributed by atoms with van der Waals surface area (Å²) in [7, 11) is 0. The lowest BCUT2D eigenvalue weighted by Gasteiger charge is -2.27. The fourth-order valence-electron chi connectivity index (χ4n) is 2.35. The van der Waals surface area contributed by atoms with Crippen LogP contribution in [0.4, 0.5) is 0 Å². The molecule has 0 atom stereocenters. The summed E-state index contributed by atoms with van der Waals surface area (Å²) in [6, 6.07) is 9.18. The Labute approximate surface area is 114 Å². The molecule has 1 aliphatic carbocycles. The fourth-order valence-corrected chi connectivity index (χ4v) is 2.63. The van der Waals surface area contributed by atoms with Crippen molar-refractivity contribution in [3.05, 3.63) is 56.3 Å². The van der Waals surface area contributed by atoms with Crippen molar-refractivity contribution in [3.63, 3.8) is 0 Å². The van der Waals surface area contributed by atoms with E-state index in [0.29, 0.717) is 5.56 Å². The number of H-pyrrole nitrogens is 1. The molecule has 98 valence electrons. The second-order valence-electron chi connectivity index (χ2n) is 4.75. The molecule has 0 amide bonds. The lowest BCUT2D eigenvalue weighted by molar-refractivity contribution is 0.297. The zero-order valence-electron chi connectivity index (χ0n) is 10.2. The number of aromatic nitrogens is 2. The highest BCUT2D eigenvalue weighted by molar-refractivity contribution is 6.32. The Bertz CT molecular complexity index is 714. The molecule has 0 unspecified atom stereocenters. The van der Waals surface area contributed by atoms with Crippen molar-refractivity contribution < 1.29 is 0 Å². The van der Waals surface area contributed by atoms with E-state index in [1.165, 1.54) is 4.57 Å². The first kappa shape index (κ1) is 12.2. The van der Waals surface area contributed by atoms with Gasteiger partial charge in [0.05, 0.1) is 5.56 Å². The van der Waals surface area contributed by atoms with Crippen LogP contribution >= 0.6 is 11.6 Å². The van der Waals surface area contributed by atoms with Gasteiger partial charge in [0.2, 0.25) is 0 Å². The van der Waals surface area contributed by atoms with Crippen LogP contribution in [0.5, 0.6) is 0 Å². The maximum absolute atomic E-state index is 12.5. The summed E-state index contributed by atoms with van der Waals surface area (Å²) in [4.78, 5) is 27.0. The van der Waals surface area contributed by atoms with Crippen molar-refractivity contribution in [1.29, 1.82) is 0 Å². The Hall–Kier alpha value is -1.81. The fraction of sp³-hybridized carbons (Fsp3) is 0.286. The summed E-state index contributed by atoms with van der Waals surface area (Å²) in [5.74, 6) is 0. The van der Waals surface area contributed by atoms with E-state index in [2.05, 4.69) is 4.98 Å². The Morgan fingerprint density at radius 1 is 1.16 bits per heavy atom. The number of hydrogen-bond acceptors (Lipinski definition) is 2. The first-order chi connectivity index (χ1) is 9.18. The van der Waals surface area contributed by atoms with Gasteiger partial charge in [-0.25, -0.2) is 4.79 Å². The largest absolute Gasteiger partial charge is 0.329 e. The molecular weight excluding hydrogens is 264 g/mol. The number of hydrogen-bond donors (Lipinski definition) is 1. The number of rotatable bonds is 2. The van der Waals surface area contributed by atoms with Crippen molar-refractivity contribution in [2.75, 3.05) is 0 Å². The molecule has 1 aliphatic rings. The molecule has 2 aromatic rings. The number of aromatic amines is 1. The minimum atomic E-state index is -0.417. The van der Waals surface area contributed by atoms with Gasteiger partial charge in [0, 0.05) is 6.04 Å². The van der Waals surface area contributed by atoms with Crippen LogP contribution in [0.3, 0.4) is 0 Å². The molecule has 5 heteroatoms. The lowest BCUT2D eigenvalue weighted by atomic mass is 9.92. The van der Waals surface area contributed by atoms with Crippen LogP contribution in [0.1, 0.15) is 25.3 Å². The smallest absolute Gasteiger partial charge is 0.297 e. The van der Waals surface area contributed by atoms with Gasteiger partial charge in [0.15, 0.2) is 0 Å². The first-order valence-electron chi connectivity index (χ1n) is 6.28. The van der Waals surface area contributed by atoms with Crippen LogP contribution in [0.25, 0.3) is 11.1 Å². The zero-order valence-corrected chi connectivity index (χ0v) is 11.0. The molecule has 1 aromatic heterocycles. The van der Waals surface area contributed by atoms with Gasteiger partial charge in [-0.15, -0.1) is 0 Å². The second kappa shape index (κ2) is 4.70. The monoisotopic (exact) mass is 276 g/mol. The third kappa shape index (κ3) is 2.02. The third-order valence-corrected chi connectivity index (χ3v) is 3.87. The van der Waals surface area contributed by atoms with Crippen LogP contribution in [0.2, 0.25) is 5.15 Å². The Balaban J connectivity index is 2.25. The zero-order chi connectivity index (χ0) is 13.4. The van der Waals surface area contributed by atoms with Crippen molar-refractivity contribution >= 4 is 11.6 Å². The van der Waals surface area contributed by atoms with E-state index in [4.69, 9.17) is 11.6 Å². The van der Waals surface area contributed by atoms with Gasteiger partial charge >= 0.3 is 5.69 Å². The predicted octanol–water partition coefficient (Wildman–Crippen LogP) is 2.58. The highest BCUT2D eigenvalue weighted by Crippen LogP contribution is 2.30. The van der Waals surface area contributed by atoms with Gasteiger partial charge in [-0.1, -0.05) is 41.9 Å². The SMILES string of the molecule is O=c1[nH]c(Cl)c(-c2ccccc2)c(=O)n1C1CCC1. The average Bonchev–Trinajstić information content (AvgIpc) is 2.33.